The van der Waals surface area contributed by atoms with Gasteiger partial charge in [0.15, 0.2) is 0 Å². The number of rotatable bonds is 1. The highest BCUT2D eigenvalue weighted by Gasteiger charge is 2.09. The molecule has 0 atom stereocenters. The van der Waals surface area contributed by atoms with Crippen molar-refractivity contribution in [2.75, 3.05) is 0 Å². The van der Waals surface area contributed by atoms with Crippen LogP contribution in [0.25, 0.3) is 21.8 Å². The molecule has 3 heteroatoms. The Bertz CT molecular complexity index is 778. The van der Waals surface area contributed by atoms with Gasteiger partial charge in [-0.15, -0.1) is 0 Å². The van der Waals surface area contributed by atoms with Gasteiger partial charge >= 0.3 is 0 Å². The van der Waals surface area contributed by atoms with Crippen LogP contribution in [0.15, 0.2) is 42.5 Å². The van der Waals surface area contributed by atoms with Gasteiger partial charge in [-0.3, -0.25) is 4.79 Å². The SMILES string of the molecule is Cc1cccc2nc3c(C(N)=O)cccc3cc12. The molecular weight excluding hydrogens is 224 g/mol. The third-order valence-corrected chi connectivity index (χ3v) is 3.17. The maximum atomic E-state index is 11.4. The molecule has 1 amide bonds. The summed E-state index contributed by atoms with van der Waals surface area (Å²) >= 11 is 0. The van der Waals surface area contributed by atoms with E-state index in [2.05, 4.69) is 11.1 Å². The molecule has 0 bridgehead atoms. The van der Waals surface area contributed by atoms with Gasteiger partial charge in [0.1, 0.15) is 0 Å². The molecule has 0 saturated heterocycles. The van der Waals surface area contributed by atoms with Crippen LogP contribution in [0.1, 0.15) is 15.9 Å². The van der Waals surface area contributed by atoms with Gasteiger partial charge in [-0.2, -0.15) is 0 Å². The first-order valence-corrected chi connectivity index (χ1v) is 5.76. The first-order valence-electron chi connectivity index (χ1n) is 5.76. The number of amides is 1. The monoisotopic (exact) mass is 236 g/mol. The Morgan fingerprint density at radius 3 is 2.72 bits per heavy atom. The van der Waals surface area contributed by atoms with Gasteiger partial charge in [0.05, 0.1) is 16.6 Å². The molecule has 0 radical (unpaired) electrons. The van der Waals surface area contributed by atoms with E-state index in [-0.39, 0.29) is 0 Å². The summed E-state index contributed by atoms with van der Waals surface area (Å²) in [7, 11) is 0. The lowest BCUT2D eigenvalue weighted by Crippen LogP contribution is -2.11. The Labute approximate surface area is 104 Å². The van der Waals surface area contributed by atoms with Crippen molar-refractivity contribution in [2.24, 2.45) is 5.73 Å². The molecule has 0 aliphatic carbocycles. The number of hydrogen-bond acceptors (Lipinski definition) is 2. The number of pyridine rings is 1. The van der Waals surface area contributed by atoms with Gasteiger partial charge in [0.2, 0.25) is 0 Å². The Balaban J connectivity index is 2.49. The summed E-state index contributed by atoms with van der Waals surface area (Å²) in [6.45, 7) is 2.05. The Kier molecular flexibility index (Phi) is 2.27. The number of fused-ring (bicyclic) bond motifs is 2. The van der Waals surface area contributed by atoms with Crippen molar-refractivity contribution in [1.82, 2.24) is 4.98 Å². The lowest BCUT2D eigenvalue weighted by atomic mass is 10.0. The molecule has 3 rings (SSSR count). The molecule has 3 aromatic rings. The minimum absolute atomic E-state index is 0.444. The topological polar surface area (TPSA) is 56.0 Å². The summed E-state index contributed by atoms with van der Waals surface area (Å²) in [5, 5.41) is 2.04. The number of carbonyl (C=O) groups excluding carboxylic acids is 1. The summed E-state index contributed by atoms with van der Waals surface area (Å²) < 4.78 is 0. The normalized spacial score (nSPS) is 10.9. The van der Waals surface area contributed by atoms with Gasteiger partial charge in [-0.1, -0.05) is 24.3 Å². The number of primary amides is 1. The first kappa shape index (κ1) is 10.7. The second-order valence-corrected chi connectivity index (χ2v) is 4.37. The first-order chi connectivity index (χ1) is 8.66. The highest BCUT2D eigenvalue weighted by atomic mass is 16.1. The van der Waals surface area contributed by atoms with E-state index in [1.807, 2.05) is 37.3 Å². The zero-order chi connectivity index (χ0) is 12.7. The Hall–Kier alpha value is -2.42. The van der Waals surface area contributed by atoms with Crippen LogP contribution in [0.3, 0.4) is 0 Å². The van der Waals surface area contributed by atoms with Crippen molar-refractivity contribution in [3.63, 3.8) is 0 Å². The van der Waals surface area contributed by atoms with Crippen molar-refractivity contribution < 1.29 is 4.79 Å². The zero-order valence-corrected chi connectivity index (χ0v) is 9.97. The molecule has 0 aliphatic rings. The number of para-hydroxylation sites is 1. The highest BCUT2D eigenvalue weighted by molar-refractivity contribution is 6.07. The molecule has 18 heavy (non-hydrogen) atoms. The summed E-state index contributed by atoms with van der Waals surface area (Å²) in [5.41, 5.74) is 8.57. The third kappa shape index (κ3) is 1.52. The molecule has 88 valence electrons. The van der Waals surface area contributed by atoms with E-state index in [0.717, 1.165) is 16.3 Å². The second kappa shape index (κ2) is 3.81. The minimum Gasteiger partial charge on any atom is -0.366 e. The van der Waals surface area contributed by atoms with Gasteiger partial charge in [0.25, 0.3) is 5.91 Å². The molecule has 2 N–H and O–H groups in total. The fraction of sp³-hybridized carbons (Fsp3) is 0.0667. The van der Waals surface area contributed by atoms with Crippen LogP contribution in [-0.2, 0) is 0 Å². The van der Waals surface area contributed by atoms with Crippen molar-refractivity contribution in [1.29, 1.82) is 0 Å². The number of nitrogens with zero attached hydrogens (tertiary/aromatic N) is 1. The molecule has 0 spiro atoms. The van der Waals surface area contributed by atoms with Crippen LogP contribution in [0.5, 0.6) is 0 Å². The van der Waals surface area contributed by atoms with E-state index in [1.54, 1.807) is 6.07 Å². The number of hydrogen-bond donors (Lipinski definition) is 1. The molecule has 0 aliphatic heterocycles. The van der Waals surface area contributed by atoms with Crippen LogP contribution >= 0.6 is 0 Å². The van der Waals surface area contributed by atoms with E-state index >= 15 is 0 Å². The van der Waals surface area contributed by atoms with Crippen LogP contribution < -0.4 is 5.73 Å². The summed E-state index contributed by atoms with van der Waals surface area (Å²) in [4.78, 5) is 16.0. The van der Waals surface area contributed by atoms with E-state index in [1.165, 1.54) is 5.56 Å². The molecule has 1 heterocycles. The molecule has 1 aromatic heterocycles. The van der Waals surface area contributed by atoms with Gasteiger partial charge in [0, 0.05) is 10.8 Å². The second-order valence-electron chi connectivity index (χ2n) is 4.37. The minimum atomic E-state index is -0.444. The number of nitrogens with two attached hydrogens (primary N) is 1. The smallest absolute Gasteiger partial charge is 0.250 e. The average molecular weight is 236 g/mol. The largest absolute Gasteiger partial charge is 0.366 e. The summed E-state index contributed by atoms with van der Waals surface area (Å²) in [6, 6.07) is 13.5. The fourth-order valence-electron chi connectivity index (χ4n) is 2.23. The van der Waals surface area contributed by atoms with Crippen LogP contribution in [0.2, 0.25) is 0 Å². The van der Waals surface area contributed by atoms with Crippen molar-refractivity contribution >= 4 is 27.7 Å². The molecular formula is C15H12N2O. The van der Waals surface area contributed by atoms with Crippen molar-refractivity contribution in [3.8, 4) is 0 Å². The van der Waals surface area contributed by atoms with Crippen LogP contribution in [-0.4, -0.2) is 10.9 Å². The van der Waals surface area contributed by atoms with Gasteiger partial charge in [-0.25, -0.2) is 4.98 Å². The quantitative estimate of drug-likeness (QED) is 0.660. The van der Waals surface area contributed by atoms with Crippen molar-refractivity contribution in [2.45, 2.75) is 6.92 Å². The lowest BCUT2D eigenvalue weighted by Gasteiger charge is -2.06. The average Bonchev–Trinajstić information content (AvgIpc) is 2.36. The molecule has 0 fully saturated rings. The molecule has 0 saturated carbocycles. The number of aromatic nitrogens is 1. The van der Waals surface area contributed by atoms with Crippen LogP contribution in [0, 0.1) is 6.92 Å². The van der Waals surface area contributed by atoms with Crippen LogP contribution in [0.4, 0.5) is 0 Å². The zero-order valence-electron chi connectivity index (χ0n) is 9.97. The Morgan fingerprint density at radius 1 is 1.17 bits per heavy atom. The van der Waals surface area contributed by atoms with E-state index < -0.39 is 5.91 Å². The lowest BCUT2D eigenvalue weighted by molar-refractivity contribution is 0.100. The maximum absolute atomic E-state index is 11.4. The maximum Gasteiger partial charge on any atom is 0.250 e. The fourth-order valence-corrected chi connectivity index (χ4v) is 2.23. The van der Waals surface area contributed by atoms with Gasteiger partial charge in [-0.05, 0) is 30.7 Å². The summed E-state index contributed by atoms with van der Waals surface area (Å²) in [5.74, 6) is -0.444. The summed E-state index contributed by atoms with van der Waals surface area (Å²) in [6.07, 6.45) is 0. The van der Waals surface area contributed by atoms with Gasteiger partial charge < -0.3 is 5.73 Å². The number of benzene rings is 2. The predicted octanol–water partition coefficient (Wildman–Crippen LogP) is 2.80. The third-order valence-electron chi connectivity index (χ3n) is 3.17. The molecule has 0 unspecified atom stereocenters. The number of carbonyl (C=O) groups is 1. The molecule has 3 nitrogen and oxygen atoms in total. The standard InChI is InChI=1S/C15H12N2O/c1-9-4-2-7-13-12(9)8-10-5-3-6-11(15(16)18)14(10)17-13/h2-8H,1H3,(H2,16,18). The van der Waals surface area contributed by atoms with E-state index in [9.17, 15) is 4.79 Å². The Morgan fingerprint density at radius 2 is 1.94 bits per heavy atom. The predicted molar refractivity (Wildman–Crippen MR) is 72.5 cm³/mol. The molecule has 2 aromatic carbocycles. The van der Waals surface area contributed by atoms with Crippen molar-refractivity contribution in [3.05, 3.63) is 53.6 Å². The highest BCUT2D eigenvalue weighted by Crippen LogP contribution is 2.24. The van der Waals surface area contributed by atoms with E-state index in [0.29, 0.717) is 11.1 Å². The van der Waals surface area contributed by atoms with E-state index in [4.69, 9.17) is 5.73 Å². The number of aryl methyl sites for hydroxylation is 1.